The van der Waals surface area contributed by atoms with Crippen LogP contribution in [0.2, 0.25) is 0 Å². The van der Waals surface area contributed by atoms with Gasteiger partial charge in [-0.15, -0.1) is 0 Å². The lowest BCUT2D eigenvalue weighted by molar-refractivity contribution is -0.122. The maximum absolute atomic E-state index is 12.1. The maximum atomic E-state index is 12.1. The zero-order valence-electron chi connectivity index (χ0n) is 12.2. The van der Waals surface area contributed by atoms with Gasteiger partial charge in [-0.3, -0.25) is 9.59 Å². The van der Waals surface area contributed by atoms with Crippen molar-refractivity contribution in [3.63, 3.8) is 0 Å². The predicted octanol–water partition coefficient (Wildman–Crippen LogP) is 1.37. The molecule has 1 aliphatic heterocycles. The number of rotatable bonds is 2. The number of carbonyl (C=O) groups is 2. The van der Waals surface area contributed by atoms with Crippen LogP contribution in [-0.2, 0) is 10.2 Å². The third kappa shape index (κ3) is 3.37. The third-order valence-corrected chi connectivity index (χ3v) is 3.28. The van der Waals surface area contributed by atoms with Gasteiger partial charge >= 0.3 is 5.91 Å². The van der Waals surface area contributed by atoms with Gasteiger partial charge in [0.25, 0.3) is 5.89 Å². The highest BCUT2D eigenvalue weighted by molar-refractivity contribution is 5.94. The number of aromatic nitrogens is 1. The molecule has 0 unspecified atom stereocenters. The van der Waals surface area contributed by atoms with E-state index in [1.807, 2.05) is 20.8 Å². The number of hydrogen-bond acceptors (Lipinski definition) is 4. The first-order valence-corrected chi connectivity index (χ1v) is 6.93. The molecular formula is C14H21N3O3. The van der Waals surface area contributed by atoms with E-state index in [9.17, 15) is 9.59 Å². The summed E-state index contributed by atoms with van der Waals surface area (Å²) in [6.07, 6.45) is 4.04. The molecule has 1 fully saturated rings. The Morgan fingerprint density at radius 2 is 2.20 bits per heavy atom. The normalized spacial score (nSPS) is 20.1. The van der Waals surface area contributed by atoms with Gasteiger partial charge in [-0.05, 0) is 19.3 Å². The molecule has 0 aliphatic carbocycles. The van der Waals surface area contributed by atoms with Crippen LogP contribution in [0.5, 0.6) is 0 Å². The Morgan fingerprint density at radius 1 is 1.45 bits per heavy atom. The molecule has 2 amide bonds. The molecule has 0 bridgehead atoms. The number of nitrogens with zero attached hydrogens (tertiary/aromatic N) is 1. The zero-order chi connectivity index (χ0) is 14.8. The van der Waals surface area contributed by atoms with Gasteiger partial charge in [0.05, 0.1) is 6.20 Å². The van der Waals surface area contributed by atoms with E-state index in [0.29, 0.717) is 18.7 Å². The summed E-state index contributed by atoms with van der Waals surface area (Å²) >= 11 is 0. The molecule has 20 heavy (non-hydrogen) atoms. The van der Waals surface area contributed by atoms with Gasteiger partial charge in [0.15, 0.2) is 0 Å². The highest BCUT2D eigenvalue weighted by atomic mass is 16.4. The number of oxazole rings is 1. The predicted molar refractivity (Wildman–Crippen MR) is 73.3 cm³/mol. The second-order valence-electron chi connectivity index (χ2n) is 6.09. The van der Waals surface area contributed by atoms with Crippen LogP contribution in [0.15, 0.2) is 10.6 Å². The quantitative estimate of drug-likeness (QED) is 0.856. The summed E-state index contributed by atoms with van der Waals surface area (Å²) in [5, 5.41) is 5.46. The summed E-state index contributed by atoms with van der Waals surface area (Å²) in [7, 11) is 0. The Kier molecular flexibility index (Phi) is 4.11. The highest BCUT2D eigenvalue weighted by Gasteiger charge is 2.26. The number of nitrogens with one attached hydrogen (secondary N) is 2. The molecule has 1 aromatic heterocycles. The van der Waals surface area contributed by atoms with Crippen molar-refractivity contribution in [3.05, 3.63) is 17.8 Å². The van der Waals surface area contributed by atoms with Crippen LogP contribution in [0.1, 0.15) is 56.5 Å². The van der Waals surface area contributed by atoms with Gasteiger partial charge < -0.3 is 15.1 Å². The molecule has 0 spiro atoms. The second-order valence-corrected chi connectivity index (χ2v) is 6.09. The molecule has 6 heteroatoms. The van der Waals surface area contributed by atoms with Crippen molar-refractivity contribution in [3.8, 4) is 0 Å². The van der Waals surface area contributed by atoms with Crippen molar-refractivity contribution < 1.29 is 14.0 Å². The molecular weight excluding hydrogens is 258 g/mol. The molecule has 0 saturated carbocycles. The molecule has 2 N–H and O–H groups in total. The summed E-state index contributed by atoms with van der Waals surface area (Å²) in [5.41, 5.74) is -0.203. The van der Waals surface area contributed by atoms with Crippen molar-refractivity contribution in [2.45, 2.75) is 51.5 Å². The largest absolute Gasteiger partial charge is 0.437 e. The number of carbonyl (C=O) groups excluding carboxylic acids is 2. The third-order valence-electron chi connectivity index (χ3n) is 3.28. The maximum Gasteiger partial charge on any atom is 0.307 e. The average Bonchev–Trinajstić information content (AvgIpc) is 2.78. The Labute approximate surface area is 118 Å². The van der Waals surface area contributed by atoms with Crippen LogP contribution in [0.4, 0.5) is 0 Å². The summed E-state index contributed by atoms with van der Waals surface area (Å²) in [6, 6.07) is -0.505. The van der Waals surface area contributed by atoms with Crippen molar-refractivity contribution >= 4 is 11.8 Å². The fourth-order valence-corrected chi connectivity index (χ4v) is 2.02. The second kappa shape index (κ2) is 5.64. The molecule has 1 saturated heterocycles. The van der Waals surface area contributed by atoms with Gasteiger partial charge in [0, 0.05) is 12.0 Å². The average molecular weight is 279 g/mol. The summed E-state index contributed by atoms with van der Waals surface area (Å²) in [4.78, 5) is 27.8. The Morgan fingerprint density at radius 3 is 2.85 bits per heavy atom. The molecule has 2 heterocycles. The van der Waals surface area contributed by atoms with Crippen LogP contribution < -0.4 is 10.6 Å². The minimum Gasteiger partial charge on any atom is -0.437 e. The van der Waals surface area contributed by atoms with Crippen LogP contribution in [-0.4, -0.2) is 29.4 Å². The highest BCUT2D eigenvalue weighted by Crippen LogP contribution is 2.22. The molecule has 2 rings (SSSR count). The minimum atomic E-state index is -0.505. The first-order valence-electron chi connectivity index (χ1n) is 6.93. The van der Waals surface area contributed by atoms with Gasteiger partial charge in [-0.2, -0.15) is 0 Å². The Balaban J connectivity index is 2.04. The molecule has 1 atom stereocenters. The van der Waals surface area contributed by atoms with E-state index >= 15 is 0 Å². The smallest absolute Gasteiger partial charge is 0.307 e. The van der Waals surface area contributed by atoms with Gasteiger partial charge in [-0.25, -0.2) is 4.98 Å². The van der Waals surface area contributed by atoms with Crippen molar-refractivity contribution in [1.29, 1.82) is 0 Å². The lowest BCUT2D eigenvalue weighted by Gasteiger charge is -2.14. The summed E-state index contributed by atoms with van der Waals surface area (Å²) < 4.78 is 5.46. The first-order chi connectivity index (χ1) is 9.38. The molecule has 110 valence electrons. The van der Waals surface area contributed by atoms with Crippen LogP contribution in [0, 0.1) is 0 Å². The number of hydrogen-bond donors (Lipinski definition) is 2. The minimum absolute atomic E-state index is 0.00646. The van der Waals surface area contributed by atoms with E-state index in [1.165, 1.54) is 0 Å². The van der Waals surface area contributed by atoms with E-state index in [1.54, 1.807) is 6.20 Å². The van der Waals surface area contributed by atoms with Gasteiger partial charge in [0.2, 0.25) is 5.91 Å². The lowest BCUT2D eigenvalue weighted by Crippen LogP contribution is -2.45. The summed E-state index contributed by atoms with van der Waals surface area (Å²) in [5.74, 6) is 0.0703. The van der Waals surface area contributed by atoms with Gasteiger partial charge in [0.1, 0.15) is 11.8 Å². The first kappa shape index (κ1) is 14.6. The van der Waals surface area contributed by atoms with Crippen molar-refractivity contribution in [1.82, 2.24) is 15.6 Å². The van der Waals surface area contributed by atoms with E-state index in [0.717, 1.165) is 12.8 Å². The Hall–Kier alpha value is -1.85. The topological polar surface area (TPSA) is 84.2 Å². The van der Waals surface area contributed by atoms with Gasteiger partial charge in [-0.1, -0.05) is 20.8 Å². The summed E-state index contributed by atoms with van der Waals surface area (Å²) in [6.45, 7) is 6.61. The van der Waals surface area contributed by atoms with Crippen molar-refractivity contribution in [2.75, 3.05) is 6.54 Å². The molecule has 0 aromatic carbocycles. The molecule has 1 aromatic rings. The van der Waals surface area contributed by atoms with Crippen LogP contribution in [0.25, 0.3) is 0 Å². The SMILES string of the molecule is CC(C)(C)c1cnc(C(=O)N[C@H]2CCCCNC2=O)o1. The van der Waals surface area contributed by atoms with E-state index in [-0.39, 0.29) is 17.2 Å². The zero-order valence-corrected chi connectivity index (χ0v) is 12.2. The fraction of sp³-hybridized carbons (Fsp3) is 0.643. The van der Waals surface area contributed by atoms with Crippen LogP contribution in [0.3, 0.4) is 0 Å². The molecule has 6 nitrogen and oxygen atoms in total. The van der Waals surface area contributed by atoms with E-state index in [4.69, 9.17) is 4.42 Å². The standard InChI is InChI=1S/C14H21N3O3/c1-14(2,3)10-8-16-13(20-10)12(19)17-9-6-4-5-7-15-11(9)18/h8-9H,4-7H2,1-3H3,(H,15,18)(H,17,19)/t9-/m0/s1. The monoisotopic (exact) mass is 279 g/mol. The van der Waals surface area contributed by atoms with Crippen LogP contribution >= 0.6 is 0 Å². The molecule has 0 radical (unpaired) electrons. The Bertz CT molecular complexity index is 502. The number of amides is 2. The van der Waals surface area contributed by atoms with Crippen molar-refractivity contribution in [2.24, 2.45) is 0 Å². The van der Waals surface area contributed by atoms with E-state index < -0.39 is 11.9 Å². The molecule has 1 aliphatic rings. The lowest BCUT2D eigenvalue weighted by atomic mass is 9.94. The van der Waals surface area contributed by atoms with E-state index in [2.05, 4.69) is 15.6 Å². The fourth-order valence-electron chi connectivity index (χ4n) is 2.02.